The molecule has 2 amide bonds. The van der Waals surface area contributed by atoms with Crippen molar-refractivity contribution < 1.29 is 14.3 Å². The van der Waals surface area contributed by atoms with Gasteiger partial charge in [-0.25, -0.2) is 0 Å². The van der Waals surface area contributed by atoms with Crippen LogP contribution in [0.5, 0.6) is 5.75 Å². The SMILES string of the molecule is CCCSCC(=O)N[C@@H](C)c1ccc2c(c1)O[C@H](CC)C(=O)N2. The van der Waals surface area contributed by atoms with Crippen molar-refractivity contribution in [3.63, 3.8) is 0 Å². The number of carbonyl (C=O) groups is 2. The Labute approximate surface area is 141 Å². The summed E-state index contributed by atoms with van der Waals surface area (Å²) in [7, 11) is 0. The van der Waals surface area contributed by atoms with E-state index in [2.05, 4.69) is 17.6 Å². The smallest absolute Gasteiger partial charge is 0.265 e. The number of nitrogens with one attached hydrogen (secondary N) is 2. The molecule has 0 saturated carbocycles. The predicted octanol–water partition coefficient (Wildman–Crippen LogP) is 3.12. The molecule has 0 fully saturated rings. The van der Waals surface area contributed by atoms with E-state index in [1.807, 2.05) is 32.0 Å². The molecule has 0 aromatic heterocycles. The molecule has 23 heavy (non-hydrogen) atoms. The first-order chi connectivity index (χ1) is 11.0. The van der Waals surface area contributed by atoms with Crippen LogP contribution in [0.3, 0.4) is 0 Å². The molecule has 5 nitrogen and oxygen atoms in total. The molecule has 1 aliphatic heterocycles. The zero-order chi connectivity index (χ0) is 16.8. The quantitative estimate of drug-likeness (QED) is 0.751. The van der Waals surface area contributed by atoms with Crippen LogP contribution in [0.2, 0.25) is 0 Å². The van der Waals surface area contributed by atoms with Gasteiger partial charge in [-0.3, -0.25) is 9.59 Å². The minimum Gasteiger partial charge on any atom is -0.478 e. The van der Waals surface area contributed by atoms with Crippen LogP contribution in [-0.4, -0.2) is 29.4 Å². The molecular formula is C17H24N2O3S. The van der Waals surface area contributed by atoms with Gasteiger partial charge < -0.3 is 15.4 Å². The van der Waals surface area contributed by atoms with E-state index in [0.29, 0.717) is 23.6 Å². The molecule has 0 unspecified atom stereocenters. The zero-order valence-electron chi connectivity index (χ0n) is 13.8. The first-order valence-corrected chi connectivity index (χ1v) is 9.19. The first kappa shape index (κ1) is 17.7. The number of hydrogen-bond acceptors (Lipinski definition) is 4. The van der Waals surface area contributed by atoms with E-state index in [4.69, 9.17) is 4.74 Å². The van der Waals surface area contributed by atoms with E-state index >= 15 is 0 Å². The minimum atomic E-state index is -0.451. The lowest BCUT2D eigenvalue weighted by atomic mass is 10.1. The normalized spacial score (nSPS) is 17.7. The van der Waals surface area contributed by atoms with Crippen LogP contribution in [0.1, 0.15) is 45.2 Å². The van der Waals surface area contributed by atoms with Crippen molar-refractivity contribution in [2.24, 2.45) is 0 Å². The van der Waals surface area contributed by atoms with Gasteiger partial charge in [0.2, 0.25) is 5.91 Å². The molecule has 1 aromatic rings. The van der Waals surface area contributed by atoms with Gasteiger partial charge in [0.05, 0.1) is 17.5 Å². The molecule has 6 heteroatoms. The molecule has 1 aliphatic rings. The molecule has 0 saturated heterocycles. The van der Waals surface area contributed by atoms with Gasteiger partial charge in [-0.2, -0.15) is 11.8 Å². The summed E-state index contributed by atoms with van der Waals surface area (Å²) < 4.78 is 5.74. The summed E-state index contributed by atoms with van der Waals surface area (Å²) in [5, 5.41) is 5.84. The van der Waals surface area contributed by atoms with Gasteiger partial charge in [0.25, 0.3) is 5.91 Å². The third-order valence-electron chi connectivity index (χ3n) is 3.66. The van der Waals surface area contributed by atoms with Crippen molar-refractivity contribution in [2.45, 2.75) is 45.8 Å². The highest BCUT2D eigenvalue weighted by Crippen LogP contribution is 2.32. The van der Waals surface area contributed by atoms with Gasteiger partial charge in [0.1, 0.15) is 5.75 Å². The molecule has 0 bridgehead atoms. The summed E-state index contributed by atoms with van der Waals surface area (Å²) in [5.74, 6) is 2.06. The maximum atomic E-state index is 11.9. The summed E-state index contributed by atoms with van der Waals surface area (Å²) in [6, 6.07) is 5.51. The van der Waals surface area contributed by atoms with Crippen LogP contribution < -0.4 is 15.4 Å². The number of rotatable bonds is 7. The molecular weight excluding hydrogens is 312 g/mol. The molecule has 1 heterocycles. The Balaban J connectivity index is 2.01. The maximum absolute atomic E-state index is 11.9. The standard InChI is InChI=1S/C17H24N2O3S/c1-4-8-23-10-16(20)18-11(3)12-6-7-13-15(9-12)22-14(5-2)17(21)19-13/h6-7,9,11,14H,4-5,8,10H2,1-3H3,(H,18,20)(H,19,21)/t11-,14+/m0/s1. The average molecular weight is 336 g/mol. The highest BCUT2D eigenvalue weighted by Gasteiger charge is 2.26. The maximum Gasteiger partial charge on any atom is 0.265 e. The first-order valence-electron chi connectivity index (χ1n) is 8.03. The molecule has 2 atom stereocenters. The van der Waals surface area contributed by atoms with Crippen molar-refractivity contribution in [3.8, 4) is 5.75 Å². The van der Waals surface area contributed by atoms with Gasteiger partial charge in [-0.05, 0) is 43.2 Å². The number of carbonyl (C=O) groups excluding carboxylic acids is 2. The Hall–Kier alpha value is -1.69. The fourth-order valence-electron chi connectivity index (χ4n) is 2.37. The van der Waals surface area contributed by atoms with Gasteiger partial charge in [0, 0.05) is 0 Å². The third kappa shape index (κ3) is 4.64. The van der Waals surface area contributed by atoms with E-state index in [1.54, 1.807) is 11.8 Å². The second-order valence-corrected chi connectivity index (χ2v) is 6.71. The molecule has 0 aliphatic carbocycles. The predicted molar refractivity (Wildman–Crippen MR) is 94.0 cm³/mol. The monoisotopic (exact) mass is 336 g/mol. The number of amides is 2. The van der Waals surface area contributed by atoms with Gasteiger partial charge >= 0.3 is 0 Å². The highest BCUT2D eigenvalue weighted by atomic mass is 32.2. The molecule has 2 rings (SSSR count). The van der Waals surface area contributed by atoms with Crippen LogP contribution in [0.25, 0.3) is 0 Å². The number of ether oxygens (including phenoxy) is 1. The van der Waals surface area contributed by atoms with Gasteiger partial charge in [-0.15, -0.1) is 0 Å². The number of benzene rings is 1. The lowest BCUT2D eigenvalue weighted by Gasteiger charge is -2.26. The van der Waals surface area contributed by atoms with Crippen LogP contribution in [0.4, 0.5) is 5.69 Å². The summed E-state index contributed by atoms with van der Waals surface area (Å²) in [6.07, 6.45) is 1.24. The van der Waals surface area contributed by atoms with E-state index in [1.165, 1.54) is 0 Å². The lowest BCUT2D eigenvalue weighted by molar-refractivity contribution is -0.123. The second-order valence-electron chi connectivity index (χ2n) is 5.60. The van der Waals surface area contributed by atoms with Crippen molar-refractivity contribution >= 4 is 29.3 Å². The van der Waals surface area contributed by atoms with Crippen LogP contribution in [0.15, 0.2) is 18.2 Å². The van der Waals surface area contributed by atoms with E-state index < -0.39 is 6.10 Å². The fourth-order valence-corrected chi connectivity index (χ4v) is 3.08. The minimum absolute atomic E-state index is 0.0364. The van der Waals surface area contributed by atoms with Crippen LogP contribution in [0, 0.1) is 0 Å². The molecule has 0 spiro atoms. The molecule has 126 valence electrons. The Morgan fingerprint density at radius 3 is 2.91 bits per heavy atom. The topological polar surface area (TPSA) is 67.4 Å². The number of fused-ring (bicyclic) bond motifs is 1. The van der Waals surface area contributed by atoms with E-state index in [0.717, 1.165) is 17.7 Å². The number of anilines is 1. The lowest BCUT2D eigenvalue weighted by Crippen LogP contribution is -2.36. The Bertz CT molecular complexity index is 577. The zero-order valence-corrected chi connectivity index (χ0v) is 14.7. The van der Waals surface area contributed by atoms with Crippen LogP contribution in [-0.2, 0) is 9.59 Å². The summed E-state index contributed by atoms with van der Waals surface area (Å²) in [4.78, 5) is 23.7. The van der Waals surface area contributed by atoms with Gasteiger partial charge in [-0.1, -0.05) is 19.9 Å². The van der Waals surface area contributed by atoms with Crippen molar-refractivity contribution in [3.05, 3.63) is 23.8 Å². The Morgan fingerprint density at radius 1 is 1.43 bits per heavy atom. The van der Waals surface area contributed by atoms with E-state index in [9.17, 15) is 9.59 Å². The Morgan fingerprint density at radius 2 is 2.22 bits per heavy atom. The Kier molecular flexibility index (Phi) is 6.33. The van der Waals surface area contributed by atoms with Crippen molar-refractivity contribution in [1.82, 2.24) is 5.32 Å². The molecule has 0 radical (unpaired) electrons. The second kappa shape index (κ2) is 8.24. The molecule has 2 N–H and O–H groups in total. The summed E-state index contributed by atoms with van der Waals surface area (Å²) in [5.41, 5.74) is 1.64. The van der Waals surface area contributed by atoms with Crippen molar-refractivity contribution in [2.75, 3.05) is 16.8 Å². The van der Waals surface area contributed by atoms with Gasteiger partial charge in [0.15, 0.2) is 6.10 Å². The summed E-state index contributed by atoms with van der Waals surface area (Å²) >= 11 is 1.64. The van der Waals surface area contributed by atoms with E-state index in [-0.39, 0.29) is 17.9 Å². The highest BCUT2D eigenvalue weighted by molar-refractivity contribution is 7.99. The summed E-state index contributed by atoms with van der Waals surface area (Å²) in [6.45, 7) is 5.96. The number of hydrogen-bond donors (Lipinski definition) is 2. The van der Waals surface area contributed by atoms with Crippen molar-refractivity contribution in [1.29, 1.82) is 0 Å². The number of thioether (sulfide) groups is 1. The fraction of sp³-hybridized carbons (Fsp3) is 0.529. The third-order valence-corrected chi connectivity index (χ3v) is 4.82. The largest absolute Gasteiger partial charge is 0.478 e. The van der Waals surface area contributed by atoms with Crippen LogP contribution >= 0.6 is 11.8 Å². The molecule has 1 aromatic carbocycles. The average Bonchev–Trinajstić information content (AvgIpc) is 2.53.